The Morgan fingerprint density at radius 1 is 1.43 bits per heavy atom. The molecule has 1 N–H and O–H groups in total. The van der Waals surface area contributed by atoms with Crippen LogP contribution in [0.1, 0.15) is 24.7 Å². The van der Waals surface area contributed by atoms with Gasteiger partial charge in [0.2, 0.25) is 0 Å². The monoisotopic (exact) mass is 341 g/mol. The van der Waals surface area contributed by atoms with Crippen molar-refractivity contribution in [2.45, 2.75) is 18.9 Å². The Labute approximate surface area is 137 Å². The summed E-state index contributed by atoms with van der Waals surface area (Å²) >= 11 is 0. The quantitative estimate of drug-likeness (QED) is 0.810. The predicted octanol–water partition coefficient (Wildman–Crippen LogP) is 0.478. The maximum absolute atomic E-state index is 12.5. The minimum absolute atomic E-state index is 0.263. The molecule has 1 aromatic heterocycles. The molecule has 1 aliphatic carbocycles. The standard InChI is InChI=1S/C14H23N5O3S/c1-18(2)23(20,21)19-7-8-22-10-12(19)14-15-6-5-13(17-14)16-9-11-3-4-11/h5-6,11-12H,3-4,7-10H2,1-2H3,(H,15,16,17)/t12-/m1/s1. The van der Waals surface area contributed by atoms with Crippen molar-refractivity contribution in [3.8, 4) is 0 Å². The van der Waals surface area contributed by atoms with E-state index in [4.69, 9.17) is 4.74 Å². The molecule has 128 valence electrons. The van der Waals surface area contributed by atoms with Crippen molar-refractivity contribution in [2.24, 2.45) is 5.92 Å². The lowest BCUT2D eigenvalue weighted by molar-refractivity contribution is 0.0269. The van der Waals surface area contributed by atoms with Gasteiger partial charge in [-0.2, -0.15) is 17.0 Å². The van der Waals surface area contributed by atoms with E-state index in [0.29, 0.717) is 19.0 Å². The van der Waals surface area contributed by atoms with Gasteiger partial charge in [0.15, 0.2) is 5.82 Å². The van der Waals surface area contributed by atoms with Crippen molar-refractivity contribution in [2.75, 3.05) is 45.7 Å². The number of aromatic nitrogens is 2. The van der Waals surface area contributed by atoms with E-state index >= 15 is 0 Å². The summed E-state index contributed by atoms with van der Waals surface area (Å²) < 4.78 is 33.1. The Morgan fingerprint density at radius 2 is 2.22 bits per heavy atom. The van der Waals surface area contributed by atoms with Gasteiger partial charge in [-0.15, -0.1) is 0 Å². The Balaban J connectivity index is 1.81. The zero-order valence-corrected chi connectivity index (χ0v) is 14.3. The Morgan fingerprint density at radius 3 is 2.91 bits per heavy atom. The molecule has 1 saturated heterocycles. The highest BCUT2D eigenvalue weighted by Gasteiger charge is 2.37. The van der Waals surface area contributed by atoms with Crippen LogP contribution in [0.4, 0.5) is 5.82 Å². The number of ether oxygens (including phenoxy) is 1. The summed E-state index contributed by atoms with van der Waals surface area (Å²) in [6.45, 7) is 1.84. The van der Waals surface area contributed by atoms with Gasteiger partial charge in [0.1, 0.15) is 11.9 Å². The molecule has 1 atom stereocenters. The highest BCUT2D eigenvalue weighted by molar-refractivity contribution is 7.86. The predicted molar refractivity (Wildman–Crippen MR) is 86.1 cm³/mol. The molecule has 3 rings (SSSR count). The number of nitrogens with zero attached hydrogens (tertiary/aromatic N) is 4. The average molecular weight is 341 g/mol. The molecule has 0 amide bonds. The van der Waals surface area contributed by atoms with Crippen LogP contribution >= 0.6 is 0 Å². The van der Waals surface area contributed by atoms with Crippen LogP contribution in [-0.4, -0.2) is 67.4 Å². The van der Waals surface area contributed by atoms with Crippen LogP contribution in [0.25, 0.3) is 0 Å². The van der Waals surface area contributed by atoms with Crippen molar-refractivity contribution >= 4 is 16.0 Å². The average Bonchev–Trinajstić information content (AvgIpc) is 3.37. The van der Waals surface area contributed by atoms with Gasteiger partial charge in [0.05, 0.1) is 13.2 Å². The maximum atomic E-state index is 12.5. The second kappa shape index (κ2) is 6.68. The first-order valence-corrected chi connectivity index (χ1v) is 9.22. The molecule has 9 heteroatoms. The van der Waals surface area contributed by atoms with Gasteiger partial charge in [0.25, 0.3) is 10.2 Å². The molecule has 2 fully saturated rings. The lowest BCUT2D eigenvalue weighted by Gasteiger charge is -2.35. The molecule has 1 aliphatic heterocycles. The third-order valence-corrected chi connectivity index (χ3v) is 6.03. The summed E-state index contributed by atoms with van der Waals surface area (Å²) in [5.74, 6) is 1.93. The number of hydrogen-bond donors (Lipinski definition) is 1. The second-order valence-corrected chi connectivity index (χ2v) is 8.21. The molecule has 1 saturated carbocycles. The zero-order chi connectivity index (χ0) is 16.4. The number of hydrogen-bond acceptors (Lipinski definition) is 6. The van der Waals surface area contributed by atoms with Crippen LogP contribution < -0.4 is 5.32 Å². The van der Waals surface area contributed by atoms with Gasteiger partial charge in [0, 0.05) is 33.4 Å². The molecule has 0 bridgehead atoms. The third kappa shape index (κ3) is 3.79. The SMILES string of the molecule is CN(C)S(=O)(=O)N1CCOC[C@@H]1c1nccc(NCC2CC2)n1. The van der Waals surface area contributed by atoms with Crippen molar-refractivity contribution in [3.05, 3.63) is 18.1 Å². The van der Waals surface area contributed by atoms with Crippen molar-refractivity contribution in [1.82, 2.24) is 18.6 Å². The van der Waals surface area contributed by atoms with E-state index in [1.54, 1.807) is 12.3 Å². The molecule has 23 heavy (non-hydrogen) atoms. The normalized spacial score (nSPS) is 23.2. The van der Waals surface area contributed by atoms with Gasteiger partial charge in [-0.25, -0.2) is 9.97 Å². The van der Waals surface area contributed by atoms with Gasteiger partial charge in [-0.05, 0) is 24.8 Å². The summed E-state index contributed by atoms with van der Waals surface area (Å²) in [5.41, 5.74) is 0. The topological polar surface area (TPSA) is 87.7 Å². The summed E-state index contributed by atoms with van der Waals surface area (Å²) in [5, 5.41) is 3.29. The first kappa shape index (κ1) is 16.6. The molecular weight excluding hydrogens is 318 g/mol. The van der Waals surface area contributed by atoms with E-state index in [2.05, 4.69) is 15.3 Å². The molecule has 8 nitrogen and oxygen atoms in total. The second-order valence-electron chi connectivity index (χ2n) is 6.12. The van der Waals surface area contributed by atoms with E-state index in [-0.39, 0.29) is 6.61 Å². The fraction of sp³-hybridized carbons (Fsp3) is 0.714. The molecule has 0 spiro atoms. The Kier molecular flexibility index (Phi) is 4.81. The van der Waals surface area contributed by atoms with Crippen LogP contribution in [0.15, 0.2) is 12.3 Å². The molecule has 1 aromatic rings. The van der Waals surface area contributed by atoms with Gasteiger partial charge in [-0.1, -0.05) is 0 Å². The third-order valence-electron chi connectivity index (χ3n) is 4.08. The van der Waals surface area contributed by atoms with Gasteiger partial charge < -0.3 is 10.1 Å². The van der Waals surface area contributed by atoms with Crippen LogP contribution in [-0.2, 0) is 14.9 Å². The molecule has 0 aromatic carbocycles. The highest BCUT2D eigenvalue weighted by atomic mass is 32.2. The number of anilines is 1. The van der Waals surface area contributed by atoms with E-state index in [9.17, 15) is 8.42 Å². The maximum Gasteiger partial charge on any atom is 0.282 e. The van der Waals surface area contributed by atoms with Crippen LogP contribution in [0.3, 0.4) is 0 Å². The molecule has 2 heterocycles. The number of nitrogens with one attached hydrogen (secondary N) is 1. The van der Waals surface area contributed by atoms with Crippen molar-refractivity contribution in [3.63, 3.8) is 0 Å². The van der Waals surface area contributed by atoms with Crippen molar-refractivity contribution in [1.29, 1.82) is 0 Å². The summed E-state index contributed by atoms with van der Waals surface area (Å²) in [7, 11) is -0.491. The molecule has 0 radical (unpaired) electrons. The lowest BCUT2D eigenvalue weighted by Crippen LogP contribution is -2.48. The number of morpholine rings is 1. The van der Waals surface area contributed by atoms with Crippen LogP contribution in [0, 0.1) is 5.92 Å². The van der Waals surface area contributed by atoms with E-state index in [0.717, 1.165) is 18.3 Å². The lowest BCUT2D eigenvalue weighted by atomic mass is 10.2. The largest absolute Gasteiger partial charge is 0.378 e. The minimum atomic E-state index is -3.54. The molecule has 0 unspecified atom stereocenters. The first-order chi connectivity index (χ1) is 11.0. The Hall–Kier alpha value is -1.29. The molecule has 2 aliphatic rings. The van der Waals surface area contributed by atoms with Crippen LogP contribution in [0.2, 0.25) is 0 Å². The smallest absolute Gasteiger partial charge is 0.282 e. The fourth-order valence-electron chi connectivity index (χ4n) is 2.48. The highest BCUT2D eigenvalue weighted by Crippen LogP contribution is 2.29. The van der Waals surface area contributed by atoms with Crippen LogP contribution in [0.5, 0.6) is 0 Å². The van der Waals surface area contributed by atoms with E-state index in [1.165, 1.54) is 35.5 Å². The first-order valence-electron chi connectivity index (χ1n) is 7.82. The summed E-state index contributed by atoms with van der Waals surface area (Å²) in [6, 6.07) is 1.30. The van der Waals surface area contributed by atoms with Crippen molar-refractivity contribution < 1.29 is 13.2 Å². The minimum Gasteiger partial charge on any atom is -0.378 e. The van der Waals surface area contributed by atoms with Gasteiger partial charge in [-0.3, -0.25) is 0 Å². The van der Waals surface area contributed by atoms with Gasteiger partial charge >= 0.3 is 0 Å². The van der Waals surface area contributed by atoms with E-state index < -0.39 is 16.3 Å². The zero-order valence-electron chi connectivity index (χ0n) is 13.5. The summed E-state index contributed by atoms with van der Waals surface area (Å²) in [6.07, 6.45) is 4.18. The van der Waals surface area contributed by atoms with E-state index in [1.807, 2.05) is 0 Å². The Bertz CT molecular complexity index is 648. The molecular formula is C14H23N5O3S. The number of rotatable bonds is 6. The fourth-order valence-corrected chi connectivity index (χ4v) is 3.68. The summed E-state index contributed by atoms with van der Waals surface area (Å²) in [4.78, 5) is 8.77.